The highest BCUT2D eigenvalue weighted by Gasteiger charge is 2.37. The molecule has 2 atom stereocenters. The van der Waals surface area contributed by atoms with E-state index in [1.54, 1.807) is 52.0 Å². The van der Waals surface area contributed by atoms with Gasteiger partial charge in [-0.25, -0.2) is 4.79 Å². The minimum atomic E-state index is -1.11. The van der Waals surface area contributed by atoms with E-state index in [1.807, 2.05) is 30.3 Å². The molecule has 0 aromatic heterocycles. The van der Waals surface area contributed by atoms with E-state index in [1.165, 1.54) is 4.90 Å². The van der Waals surface area contributed by atoms with Gasteiger partial charge in [-0.1, -0.05) is 80.6 Å². The SMILES string of the molecule is C#Cc1ccccc1C(C(=O)NCCC(=O)OCC)N(CCCCCC)C(=O)C(Cc1ccccc1)NC(=O)OC(C)(C)C. The number of ether oxygens (including phenoxy) is 2. The molecule has 9 heteroatoms. The number of unbranched alkanes of at least 4 members (excludes halogenated alkanes) is 3. The monoisotopic (exact) mass is 605 g/mol. The van der Waals surface area contributed by atoms with Crippen molar-refractivity contribution in [3.8, 4) is 12.3 Å². The molecule has 9 nitrogen and oxygen atoms in total. The Morgan fingerprint density at radius 2 is 1.64 bits per heavy atom. The van der Waals surface area contributed by atoms with Crippen molar-refractivity contribution in [1.29, 1.82) is 0 Å². The molecule has 0 aliphatic rings. The van der Waals surface area contributed by atoms with Crippen LogP contribution in [0.3, 0.4) is 0 Å². The molecule has 3 amide bonds. The van der Waals surface area contributed by atoms with Gasteiger partial charge in [-0.2, -0.15) is 0 Å². The number of benzene rings is 2. The van der Waals surface area contributed by atoms with E-state index in [2.05, 4.69) is 23.5 Å². The van der Waals surface area contributed by atoms with Crippen molar-refractivity contribution in [2.24, 2.45) is 0 Å². The Kier molecular flexibility index (Phi) is 15.0. The second-order valence-corrected chi connectivity index (χ2v) is 11.5. The maximum Gasteiger partial charge on any atom is 0.408 e. The number of nitrogens with one attached hydrogen (secondary N) is 2. The molecule has 0 spiro atoms. The van der Waals surface area contributed by atoms with E-state index in [0.717, 1.165) is 24.8 Å². The Balaban J connectivity index is 2.56. The average Bonchev–Trinajstić information content (AvgIpc) is 2.97. The maximum absolute atomic E-state index is 14.5. The topological polar surface area (TPSA) is 114 Å². The van der Waals surface area contributed by atoms with Gasteiger partial charge in [0.15, 0.2) is 0 Å². The quantitative estimate of drug-likeness (QED) is 0.152. The second-order valence-electron chi connectivity index (χ2n) is 11.5. The number of hydrogen-bond acceptors (Lipinski definition) is 6. The second kappa shape index (κ2) is 18.4. The average molecular weight is 606 g/mol. The first kappa shape index (κ1) is 35.9. The van der Waals surface area contributed by atoms with Crippen LogP contribution in [0.5, 0.6) is 0 Å². The highest BCUT2D eigenvalue weighted by molar-refractivity contribution is 5.93. The Morgan fingerprint density at radius 1 is 0.955 bits per heavy atom. The zero-order valence-electron chi connectivity index (χ0n) is 26.7. The highest BCUT2D eigenvalue weighted by atomic mass is 16.6. The number of esters is 1. The number of nitrogens with zero attached hydrogens (tertiary/aromatic N) is 1. The molecule has 0 fully saturated rings. The van der Waals surface area contributed by atoms with Crippen LogP contribution in [-0.4, -0.2) is 60.1 Å². The maximum atomic E-state index is 14.5. The lowest BCUT2D eigenvalue weighted by molar-refractivity contribution is -0.144. The van der Waals surface area contributed by atoms with Gasteiger partial charge in [-0.15, -0.1) is 6.42 Å². The standard InChI is InChI=1S/C35H47N3O6/c1-7-10-11-17-24-38(33(41)29(25-26-18-13-12-14-19-26)37-34(42)44-35(4,5)6)31(28-21-16-15-20-27(28)8-2)32(40)36-23-22-30(39)43-9-3/h2,12-16,18-21,29,31H,7,9-11,17,22-25H2,1,3-6H3,(H,36,40)(H,37,42). The van der Waals surface area contributed by atoms with Crippen molar-refractivity contribution in [2.45, 2.75) is 90.8 Å². The summed E-state index contributed by atoms with van der Waals surface area (Å²) in [4.78, 5) is 54.9. The van der Waals surface area contributed by atoms with Crippen molar-refractivity contribution < 1.29 is 28.7 Å². The molecule has 2 rings (SSSR count). The summed E-state index contributed by atoms with van der Waals surface area (Å²) in [6, 6.07) is 14.1. The summed E-state index contributed by atoms with van der Waals surface area (Å²) >= 11 is 0. The number of alkyl carbamates (subject to hydrolysis) is 1. The number of carbonyl (C=O) groups excluding carboxylic acids is 4. The first-order valence-electron chi connectivity index (χ1n) is 15.3. The van der Waals surface area contributed by atoms with Gasteiger partial charge in [-0.05, 0) is 51.3 Å². The summed E-state index contributed by atoms with van der Waals surface area (Å²) in [5.41, 5.74) is 0.983. The fraction of sp³-hybridized carbons (Fsp3) is 0.486. The lowest BCUT2D eigenvalue weighted by Gasteiger charge is -2.35. The van der Waals surface area contributed by atoms with Crippen LogP contribution >= 0.6 is 0 Å². The smallest absolute Gasteiger partial charge is 0.408 e. The van der Waals surface area contributed by atoms with E-state index in [9.17, 15) is 19.2 Å². The molecule has 0 saturated heterocycles. The predicted octanol–water partition coefficient (Wildman–Crippen LogP) is 5.32. The lowest BCUT2D eigenvalue weighted by Crippen LogP contribution is -2.54. The highest BCUT2D eigenvalue weighted by Crippen LogP contribution is 2.27. The molecular formula is C35H47N3O6. The summed E-state index contributed by atoms with van der Waals surface area (Å²) in [5, 5.41) is 5.57. The van der Waals surface area contributed by atoms with E-state index in [4.69, 9.17) is 15.9 Å². The number of carbonyl (C=O) groups is 4. The molecular weight excluding hydrogens is 558 g/mol. The Bertz CT molecular complexity index is 1270. The van der Waals surface area contributed by atoms with Gasteiger partial charge in [0.1, 0.15) is 17.7 Å². The molecule has 0 aliphatic heterocycles. The third-order valence-electron chi connectivity index (χ3n) is 6.71. The van der Waals surface area contributed by atoms with Gasteiger partial charge >= 0.3 is 12.1 Å². The Labute approximate surface area is 262 Å². The van der Waals surface area contributed by atoms with Gasteiger partial charge in [0.25, 0.3) is 0 Å². The summed E-state index contributed by atoms with van der Waals surface area (Å²) in [7, 11) is 0. The van der Waals surface area contributed by atoms with Crippen LogP contribution in [-0.2, 0) is 30.3 Å². The van der Waals surface area contributed by atoms with E-state index < -0.39 is 41.6 Å². The molecule has 2 N–H and O–H groups in total. The molecule has 238 valence electrons. The van der Waals surface area contributed by atoms with Gasteiger partial charge in [0.05, 0.1) is 13.0 Å². The van der Waals surface area contributed by atoms with E-state index in [0.29, 0.717) is 17.5 Å². The van der Waals surface area contributed by atoms with E-state index >= 15 is 0 Å². The van der Waals surface area contributed by atoms with Crippen molar-refractivity contribution >= 4 is 23.9 Å². The minimum Gasteiger partial charge on any atom is -0.466 e. The number of amides is 3. The number of rotatable bonds is 16. The molecule has 2 aromatic carbocycles. The molecule has 0 heterocycles. The zero-order valence-corrected chi connectivity index (χ0v) is 26.7. The van der Waals surface area contributed by atoms with Crippen molar-refractivity contribution in [3.05, 3.63) is 71.3 Å². The summed E-state index contributed by atoms with van der Waals surface area (Å²) in [6.45, 7) is 9.53. The van der Waals surface area contributed by atoms with Gasteiger partial charge in [0, 0.05) is 25.1 Å². The van der Waals surface area contributed by atoms with Crippen molar-refractivity contribution in [3.63, 3.8) is 0 Å². The van der Waals surface area contributed by atoms with Gasteiger partial charge in [0.2, 0.25) is 11.8 Å². The van der Waals surface area contributed by atoms with Crippen LogP contribution in [0.1, 0.15) is 89.5 Å². The van der Waals surface area contributed by atoms with Crippen LogP contribution in [0.25, 0.3) is 0 Å². The van der Waals surface area contributed by atoms with Crippen molar-refractivity contribution in [2.75, 3.05) is 19.7 Å². The van der Waals surface area contributed by atoms with Gasteiger partial charge in [-0.3, -0.25) is 14.4 Å². The summed E-state index contributed by atoms with van der Waals surface area (Å²) in [6.07, 6.45) is 8.69. The zero-order chi connectivity index (χ0) is 32.5. The number of terminal acetylenes is 1. The third kappa shape index (κ3) is 12.1. The summed E-state index contributed by atoms with van der Waals surface area (Å²) < 4.78 is 10.5. The van der Waals surface area contributed by atoms with Crippen LogP contribution in [0.15, 0.2) is 54.6 Å². The summed E-state index contributed by atoms with van der Waals surface area (Å²) in [5.74, 6) is 1.26. The lowest BCUT2D eigenvalue weighted by atomic mass is 9.96. The fourth-order valence-corrected chi connectivity index (χ4v) is 4.71. The van der Waals surface area contributed by atoms with Gasteiger partial charge < -0.3 is 25.0 Å². The fourth-order valence-electron chi connectivity index (χ4n) is 4.71. The Hall–Kier alpha value is -4.32. The van der Waals surface area contributed by atoms with Crippen LogP contribution < -0.4 is 10.6 Å². The van der Waals surface area contributed by atoms with Crippen LogP contribution in [0.2, 0.25) is 0 Å². The molecule has 2 unspecified atom stereocenters. The molecule has 2 aromatic rings. The Morgan fingerprint density at radius 3 is 2.27 bits per heavy atom. The molecule has 0 radical (unpaired) electrons. The molecule has 0 aliphatic carbocycles. The van der Waals surface area contributed by atoms with Crippen LogP contribution in [0.4, 0.5) is 4.79 Å². The first-order valence-corrected chi connectivity index (χ1v) is 15.3. The predicted molar refractivity (Wildman–Crippen MR) is 171 cm³/mol. The normalized spacial score (nSPS) is 12.3. The van der Waals surface area contributed by atoms with Crippen LogP contribution in [0, 0.1) is 12.3 Å². The number of hydrogen-bond donors (Lipinski definition) is 2. The largest absolute Gasteiger partial charge is 0.466 e. The third-order valence-corrected chi connectivity index (χ3v) is 6.71. The van der Waals surface area contributed by atoms with E-state index in [-0.39, 0.29) is 32.5 Å². The van der Waals surface area contributed by atoms with Crippen molar-refractivity contribution in [1.82, 2.24) is 15.5 Å². The minimum absolute atomic E-state index is 0.0217. The first-order chi connectivity index (χ1) is 21.0. The molecule has 0 saturated carbocycles. The molecule has 0 bridgehead atoms. The molecule has 44 heavy (non-hydrogen) atoms.